The van der Waals surface area contributed by atoms with Crippen molar-refractivity contribution >= 4 is 17.6 Å². The van der Waals surface area contributed by atoms with Gasteiger partial charge < -0.3 is 15.5 Å². The minimum Gasteiger partial charge on any atom is -0.481 e. The van der Waals surface area contributed by atoms with Crippen molar-refractivity contribution in [1.29, 1.82) is 0 Å². The fourth-order valence-electron chi connectivity index (χ4n) is 4.25. The number of aliphatic hydroxyl groups is 1. The number of aryl methyl sites for hydroxylation is 1. The zero-order valence-electron chi connectivity index (χ0n) is 19.2. The molecule has 1 aliphatic carbocycles. The number of hydrogen-bond acceptors (Lipinski definition) is 6. The van der Waals surface area contributed by atoms with Gasteiger partial charge in [0, 0.05) is 23.6 Å². The smallest absolute Gasteiger partial charge is 0.433 e. The first-order valence-corrected chi connectivity index (χ1v) is 11.1. The Bertz CT molecular complexity index is 1240. The fourth-order valence-corrected chi connectivity index (χ4v) is 4.25. The van der Waals surface area contributed by atoms with Crippen molar-refractivity contribution in [3.05, 3.63) is 65.7 Å². The van der Waals surface area contributed by atoms with E-state index in [9.17, 15) is 28.2 Å². The number of alkyl halides is 3. The topological polar surface area (TPSA) is 108 Å². The Morgan fingerprint density at radius 3 is 2.34 bits per heavy atom. The van der Waals surface area contributed by atoms with Crippen molar-refractivity contribution < 1.29 is 28.2 Å². The Kier molecular flexibility index (Phi) is 6.27. The van der Waals surface area contributed by atoms with Gasteiger partial charge >= 0.3 is 12.1 Å². The summed E-state index contributed by atoms with van der Waals surface area (Å²) in [5, 5.41) is 23.3. The first-order chi connectivity index (χ1) is 16.4. The van der Waals surface area contributed by atoms with Crippen LogP contribution >= 0.6 is 0 Å². The van der Waals surface area contributed by atoms with Crippen LogP contribution in [0.15, 0.2) is 48.8 Å². The molecular formula is C25H25F3N4O3. The van der Waals surface area contributed by atoms with Crippen molar-refractivity contribution in [2.45, 2.75) is 51.3 Å². The third-order valence-corrected chi connectivity index (χ3v) is 6.55. The highest BCUT2D eigenvalue weighted by atomic mass is 19.4. The van der Waals surface area contributed by atoms with E-state index in [1.807, 2.05) is 19.1 Å². The van der Waals surface area contributed by atoms with Gasteiger partial charge in [-0.15, -0.1) is 0 Å². The van der Waals surface area contributed by atoms with Crippen LogP contribution in [0.25, 0.3) is 11.1 Å². The van der Waals surface area contributed by atoms with E-state index >= 15 is 0 Å². The molecule has 4 rings (SSSR count). The maximum Gasteiger partial charge on any atom is 0.433 e. The number of carboxylic acid groups (broad SMARTS) is 1. The molecule has 3 N–H and O–H groups in total. The van der Waals surface area contributed by atoms with Gasteiger partial charge in [-0.2, -0.15) is 13.2 Å². The third-order valence-electron chi connectivity index (χ3n) is 6.55. The van der Waals surface area contributed by atoms with E-state index in [0.717, 1.165) is 29.0 Å². The van der Waals surface area contributed by atoms with Crippen molar-refractivity contribution in [3.8, 4) is 11.1 Å². The number of benzene rings is 1. The van der Waals surface area contributed by atoms with Crippen LogP contribution in [0.2, 0.25) is 0 Å². The lowest BCUT2D eigenvalue weighted by Gasteiger charge is -2.39. The summed E-state index contributed by atoms with van der Waals surface area (Å²) in [4.78, 5) is 23.4. The highest BCUT2D eigenvalue weighted by molar-refractivity contribution is 5.74. The Hall–Kier alpha value is -3.53. The Labute approximate surface area is 200 Å². The van der Waals surface area contributed by atoms with Crippen LogP contribution < -0.4 is 5.32 Å². The molecule has 1 aromatic carbocycles. The summed E-state index contributed by atoms with van der Waals surface area (Å²) in [7, 11) is 0. The molecule has 0 bridgehead atoms. The molecule has 3 aromatic rings. The minimum absolute atomic E-state index is 0.169. The molecular weight excluding hydrogens is 461 g/mol. The summed E-state index contributed by atoms with van der Waals surface area (Å²) in [5.41, 5.74) is 0.313. The number of aromatic nitrogens is 3. The summed E-state index contributed by atoms with van der Waals surface area (Å²) in [6.45, 7) is 3.55. The normalized spacial score (nSPS) is 22.6. The largest absolute Gasteiger partial charge is 0.481 e. The van der Waals surface area contributed by atoms with Crippen molar-refractivity contribution in [2.75, 3.05) is 5.32 Å². The van der Waals surface area contributed by atoms with E-state index in [2.05, 4.69) is 20.3 Å². The molecule has 0 atom stereocenters. The highest BCUT2D eigenvalue weighted by Gasteiger charge is 2.44. The summed E-state index contributed by atoms with van der Waals surface area (Å²) in [6, 6.07) is 9.76. The number of anilines is 2. The van der Waals surface area contributed by atoms with Gasteiger partial charge in [0.1, 0.15) is 11.3 Å². The Morgan fingerprint density at radius 2 is 1.74 bits per heavy atom. The molecule has 0 radical (unpaired) electrons. The van der Waals surface area contributed by atoms with Crippen molar-refractivity contribution in [1.82, 2.24) is 15.0 Å². The number of rotatable bonds is 5. The van der Waals surface area contributed by atoms with E-state index in [0.29, 0.717) is 37.1 Å². The first kappa shape index (κ1) is 24.6. The quantitative estimate of drug-likeness (QED) is 0.439. The molecule has 7 nitrogen and oxygen atoms in total. The van der Waals surface area contributed by atoms with Crippen LogP contribution in [0.1, 0.15) is 49.6 Å². The van der Waals surface area contributed by atoms with E-state index < -0.39 is 28.9 Å². The van der Waals surface area contributed by atoms with Crippen LogP contribution in [0, 0.1) is 12.3 Å². The van der Waals surface area contributed by atoms with Crippen LogP contribution in [0.4, 0.5) is 24.8 Å². The van der Waals surface area contributed by atoms with Crippen LogP contribution in [-0.2, 0) is 16.6 Å². The predicted octanol–water partition coefficient (Wildman–Crippen LogP) is 5.46. The average molecular weight is 486 g/mol. The third kappa shape index (κ3) is 5.27. The number of pyridine rings is 1. The molecule has 1 aliphatic rings. The van der Waals surface area contributed by atoms with Gasteiger partial charge in [0.15, 0.2) is 0 Å². The molecule has 0 unspecified atom stereocenters. The number of carbonyl (C=O) groups is 1. The van der Waals surface area contributed by atoms with E-state index in [-0.39, 0.29) is 5.95 Å². The summed E-state index contributed by atoms with van der Waals surface area (Å²) in [5.74, 6) is -1.03. The molecule has 1 saturated carbocycles. The Morgan fingerprint density at radius 1 is 1.03 bits per heavy atom. The lowest BCUT2D eigenvalue weighted by atomic mass is 9.69. The summed E-state index contributed by atoms with van der Waals surface area (Å²) >= 11 is 0. The molecule has 0 amide bonds. The monoisotopic (exact) mass is 486 g/mol. The van der Waals surface area contributed by atoms with Crippen LogP contribution in [0.5, 0.6) is 0 Å². The average Bonchev–Trinajstić information content (AvgIpc) is 2.80. The lowest BCUT2D eigenvalue weighted by molar-refractivity contribution is -0.153. The SMILES string of the molecule is Cc1cc(Nc2nccc(C(F)(F)F)n2)cc(-c2ccc([C@]3(O)CC[C@@](C)(C(=O)O)CC3)nc2)c1. The zero-order chi connectivity index (χ0) is 25.4. The summed E-state index contributed by atoms with van der Waals surface area (Å²) in [6.07, 6.45) is -0.585. The molecule has 2 heterocycles. The van der Waals surface area contributed by atoms with Crippen molar-refractivity contribution in [3.63, 3.8) is 0 Å². The van der Waals surface area contributed by atoms with Crippen LogP contribution in [0.3, 0.4) is 0 Å². The van der Waals surface area contributed by atoms with Crippen molar-refractivity contribution in [2.24, 2.45) is 5.41 Å². The zero-order valence-corrected chi connectivity index (χ0v) is 19.2. The number of carboxylic acids is 1. The molecule has 0 saturated heterocycles. The van der Waals surface area contributed by atoms with E-state index in [1.165, 1.54) is 0 Å². The standard InChI is InChI=1S/C25H25F3N4O3/c1-15-11-17(13-18(12-15)31-22-29-10-5-20(32-22)25(26,27)28)16-3-4-19(30-14-16)24(35)8-6-23(2,7-9-24)21(33)34/h3-5,10-14,35H,6-9H2,1-2H3,(H,33,34)(H,29,31,32)/t23-,24+. The van der Waals surface area contributed by atoms with Gasteiger partial charge in [-0.3, -0.25) is 9.78 Å². The number of nitrogens with one attached hydrogen (secondary N) is 1. The first-order valence-electron chi connectivity index (χ1n) is 11.1. The van der Waals surface area contributed by atoms with Gasteiger partial charge in [0.05, 0.1) is 11.1 Å². The number of halogens is 3. The minimum atomic E-state index is -4.57. The highest BCUT2D eigenvalue weighted by Crippen LogP contribution is 2.45. The predicted molar refractivity (Wildman–Crippen MR) is 123 cm³/mol. The molecule has 2 aromatic heterocycles. The maximum absolute atomic E-state index is 13.0. The number of nitrogens with zero attached hydrogens (tertiary/aromatic N) is 3. The van der Waals surface area contributed by atoms with Gasteiger partial charge in [0.2, 0.25) is 5.95 Å². The number of hydrogen-bond donors (Lipinski definition) is 3. The molecule has 1 fully saturated rings. The Balaban J connectivity index is 1.54. The lowest BCUT2D eigenvalue weighted by Crippen LogP contribution is -2.40. The second kappa shape index (κ2) is 8.92. The molecule has 0 spiro atoms. The second-order valence-corrected chi connectivity index (χ2v) is 9.31. The number of aliphatic carboxylic acids is 1. The van der Waals surface area contributed by atoms with E-state index in [1.54, 1.807) is 31.3 Å². The molecule has 10 heteroatoms. The van der Waals surface area contributed by atoms with Crippen LogP contribution in [-0.4, -0.2) is 31.1 Å². The summed E-state index contributed by atoms with van der Waals surface area (Å²) < 4.78 is 38.9. The van der Waals surface area contributed by atoms with Gasteiger partial charge in [-0.25, -0.2) is 9.97 Å². The second-order valence-electron chi connectivity index (χ2n) is 9.31. The molecule has 184 valence electrons. The molecule has 35 heavy (non-hydrogen) atoms. The van der Waals surface area contributed by atoms with E-state index in [4.69, 9.17) is 0 Å². The van der Waals surface area contributed by atoms with Gasteiger partial charge in [-0.05, 0) is 74.9 Å². The fraction of sp³-hybridized carbons (Fsp3) is 0.360. The molecule has 0 aliphatic heterocycles. The maximum atomic E-state index is 13.0. The van der Waals surface area contributed by atoms with Gasteiger partial charge in [-0.1, -0.05) is 12.1 Å². The van der Waals surface area contributed by atoms with Gasteiger partial charge in [0.25, 0.3) is 0 Å².